The second-order valence-corrected chi connectivity index (χ2v) is 2.54. The molecule has 0 aliphatic carbocycles. The summed E-state index contributed by atoms with van der Waals surface area (Å²) in [6, 6.07) is 1.65. The van der Waals surface area contributed by atoms with E-state index >= 15 is 0 Å². The van der Waals surface area contributed by atoms with Crippen molar-refractivity contribution in [1.82, 2.24) is 4.98 Å². The van der Waals surface area contributed by atoms with Crippen LogP contribution in [0, 0.1) is 11.3 Å². The summed E-state index contributed by atoms with van der Waals surface area (Å²) in [5, 5.41) is 8.75. The maximum atomic E-state index is 12.5. The molecule has 1 rings (SSSR count). The third kappa shape index (κ3) is 1.96. The number of ether oxygens (including phenoxy) is 2. The topological polar surface area (TPSA) is 55.1 Å². The normalized spacial score (nSPS) is 9.87. The number of nitriles is 1. The van der Waals surface area contributed by atoms with Gasteiger partial charge in [-0.1, -0.05) is 0 Å². The van der Waals surface area contributed by atoms with E-state index in [4.69, 9.17) is 14.7 Å². The Morgan fingerprint density at radius 2 is 2.07 bits per heavy atom. The van der Waals surface area contributed by atoms with Gasteiger partial charge in [0, 0.05) is 6.20 Å². The monoisotopic (exact) mass is 214 g/mol. The van der Waals surface area contributed by atoms with Crippen LogP contribution in [0.1, 0.15) is 17.6 Å². The van der Waals surface area contributed by atoms with Gasteiger partial charge in [-0.15, -0.1) is 0 Å². The number of rotatable bonds is 3. The molecule has 1 aromatic rings. The Bertz CT molecular complexity index is 402. The summed E-state index contributed by atoms with van der Waals surface area (Å²) in [6.45, 7) is 0. The first-order chi connectivity index (χ1) is 7.15. The lowest BCUT2D eigenvalue weighted by molar-refractivity contribution is 0.150. The summed E-state index contributed by atoms with van der Waals surface area (Å²) in [6.07, 6.45) is -1.86. The van der Waals surface area contributed by atoms with E-state index in [2.05, 4.69) is 4.98 Å². The Labute approximate surface area is 85.1 Å². The highest BCUT2D eigenvalue weighted by Crippen LogP contribution is 2.34. The minimum absolute atomic E-state index is 0.0125. The van der Waals surface area contributed by atoms with Crippen molar-refractivity contribution in [2.24, 2.45) is 0 Å². The Hall–Kier alpha value is -1.90. The minimum Gasteiger partial charge on any atom is -0.490 e. The van der Waals surface area contributed by atoms with E-state index in [0.717, 1.165) is 6.20 Å². The number of nitrogens with zero attached hydrogens (tertiary/aromatic N) is 2. The van der Waals surface area contributed by atoms with Crippen LogP contribution in [-0.2, 0) is 0 Å². The lowest BCUT2D eigenvalue weighted by Gasteiger charge is -2.10. The maximum absolute atomic E-state index is 12.5. The van der Waals surface area contributed by atoms with Gasteiger partial charge in [0.2, 0.25) is 0 Å². The highest BCUT2D eigenvalue weighted by Gasteiger charge is 2.21. The average molecular weight is 214 g/mol. The van der Waals surface area contributed by atoms with Crippen LogP contribution in [-0.4, -0.2) is 19.2 Å². The first-order valence-electron chi connectivity index (χ1n) is 3.94. The summed E-state index contributed by atoms with van der Waals surface area (Å²) in [7, 11) is 2.57. The SMILES string of the molecule is COc1ncc(C(F)F)c(C#N)c1OC. The van der Waals surface area contributed by atoms with Crippen LogP contribution in [0.25, 0.3) is 0 Å². The molecule has 4 nitrogen and oxygen atoms in total. The van der Waals surface area contributed by atoms with Crippen molar-refractivity contribution in [3.8, 4) is 17.7 Å². The van der Waals surface area contributed by atoms with Gasteiger partial charge in [-0.2, -0.15) is 5.26 Å². The molecule has 0 unspecified atom stereocenters. The quantitative estimate of drug-likeness (QED) is 0.771. The zero-order valence-corrected chi connectivity index (χ0v) is 8.12. The molecular weight excluding hydrogens is 206 g/mol. The van der Waals surface area contributed by atoms with Crippen molar-refractivity contribution in [3.05, 3.63) is 17.3 Å². The van der Waals surface area contributed by atoms with E-state index in [0.29, 0.717) is 0 Å². The predicted octanol–water partition coefficient (Wildman–Crippen LogP) is 1.91. The molecule has 0 aromatic carbocycles. The molecule has 0 fully saturated rings. The molecule has 1 heterocycles. The molecule has 80 valence electrons. The van der Waals surface area contributed by atoms with Crippen LogP contribution in [0.2, 0.25) is 0 Å². The molecule has 0 saturated carbocycles. The highest BCUT2D eigenvalue weighted by atomic mass is 19.3. The summed E-state index contributed by atoms with van der Waals surface area (Å²) in [5.41, 5.74) is -0.713. The molecule has 0 atom stereocenters. The number of hydrogen-bond acceptors (Lipinski definition) is 4. The van der Waals surface area contributed by atoms with Gasteiger partial charge in [0.1, 0.15) is 11.6 Å². The van der Waals surface area contributed by atoms with E-state index in [-0.39, 0.29) is 17.2 Å². The molecule has 0 spiro atoms. The predicted molar refractivity (Wildman–Crippen MR) is 47.0 cm³/mol. The van der Waals surface area contributed by atoms with Crippen LogP contribution in [0.4, 0.5) is 8.78 Å². The first kappa shape index (κ1) is 11.2. The van der Waals surface area contributed by atoms with E-state index in [1.807, 2.05) is 0 Å². The van der Waals surface area contributed by atoms with Crippen LogP contribution in [0.15, 0.2) is 6.20 Å². The van der Waals surface area contributed by atoms with Crippen molar-refractivity contribution in [1.29, 1.82) is 5.26 Å². The van der Waals surface area contributed by atoms with Gasteiger partial charge in [0.05, 0.1) is 19.8 Å². The first-order valence-corrected chi connectivity index (χ1v) is 3.94. The molecule has 0 radical (unpaired) electrons. The maximum Gasteiger partial charge on any atom is 0.266 e. The number of hydrogen-bond donors (Lipinski definition) is 0. The molecule has 0 bridgehead atoms. The second kappa shape index (κ2) is 4.55. The number of aromatic nitrogens is 1. The number of pyridine rings is 1. The minimum atomic E-state index is -2.77. The summed E-state index contributed by atoms with van der Waals surface area (Å²) in [5.74, 6) is -0.0590. The van der Waals surface area contributed by atoms with E-state index in [1.165, 1.54) is 14.2 Å². The van der Waals surface area contributed by atoms with Crippen LogP contribution < -0.4 is 9.47 Å². The molecule has 15 heavy (non-hydrogen) atoms. The largest absolute Gasteiger partial charge is 0.490 e. The van der Waals surface area contributed by atoms with Crippen molar-refractivity contribution < 1.29 is 18.3 Å². The molecule has 0 aliphatic rings. The third-order valence-electron chi connectivity index (χ3n) is 1.78. The molecule has 6 heteroatoms. The van der Waals surface area contributed by atoms with Gasteiger partial charge in [-0.05, 0) is 0 Å². The molecule has 0 saturated heterocycles. The summed E-state index contributed by atoms with van der Waals surface area (Å²) < 4.78 is 34.5. The fraction of sp³-hybridized carbons (Fsp3) is 0.333. The van der Waals surface area contributed by atoms with Gasteiger partial charge >= 0.3 is 0 Å². The fourth-order valence-corrected chi connectivity index (χ4v) is 1.10. The summed E-state index contributed by atoms with van der Waals surface area (Å²) in [4.78, 5) is 3.62. The lowest BCUT2D eigenvalue weighted by Crippen LogP contribution is -2.01. The van der Waals surface area contributed by atoms with Crippen molar-refractivity contribution in [3.63, 3.8) is 0 Å². The molecular formula is C9H8F2N2O2. The van der Waals surface area contributed by atoms with Crippen molar-refractivity contribution in [2.45, 2.75) is 6.43 Å². The number of alkyl halides is 2. The standard InChI is InChI=1S/C9H8F2N2O2/c1-14-7-5(3-12)6(8(10)11)4-13-9(7)15-2/h4,8H,1-2H3. The summed E-state index contributed by atoms with van der Waals surface area (Å²) >= 11 is 0. The Morgan fingerprint density at radius 3 is 2.47 bits per heavy atom. The number of methoxy groups -OCH3 is 2. The van der Waals surface area contributed by atoms with Crippen LogP contribution in [0.3, 0.4) is 0 Å². The third-order valence-corrected chi connectivity index (χ3v) is 1.78. The Balaban J connectivity index is 3.43. The molecule has 0 amide bonds. The van der Waals surface area contributed by atoms with Crippen LogP contribution in [0.5, 0.6) is 11.6 Å². The zero-order valence-electron chi connectivity index (χ0n) is 8.12. The van der Waals surface area contributed by atoms with Crippen LogP contribution >= 0.6 is 0 Å². The van der Waals surface area contributed by atoms with Gasteiger partial charge < -0.3 is 9.47 Å². The number of halogens is 2. The van der Waals surface area contributed by atoms with Gasteiger partial charge in [-0.3, -0.25) is 0 Å². The van der Waals surface area contributed by atoms with Crippen molar-refractivity contribution >= 4 is 0 Å². The Morgan fingerprint density at radius 1 is 1.40 bits per heavy atom. The fourth-order valence-electron chi connectivity index (χ4n) is 1.10. The highest BCUT2D eigenvalue weighted by molar-refractivity contribution is 5.53. The molecule has 1 aromatic heterocycles. The van der Waals surface area contributed by atoms with Gasteiger partial charge in [0.15, 0.2) is 5.75 Å². The van der Waals surface area contributed by atoms with E-state index < -0.39 is 12.0 Å². The molecule has 0 N–H and O–H groups in total. The average Bonchev–Trinajstić information content (AvgIpc) is 2.26. The second-order valence-electron chi connectivity index (χ2n) is 2.54. The van der Waals surface area contributed by atoms with E-state index in [9.17, 15) is 8.78 Å². The Kier molecular flexibility index (Phi) is 3.39. The van der Waals surface area contributed by atoms with E-state index in [1.54, 1.807) is 6.07 Å². The van der Waals surface area contributed by atoms with Gasteiger partial charge in [-0.25, -0.2) is 13.8 Å². The zero-order chi connectivity index (χ0) is 11.4. The molecule has 0 aliphatic heterocycles. The van der Waals surface area contributed by atoms with Crippen molar-refractivity contribution in [2.75, 3.05) is 14.2 Å². The smallest absolute Gasteiger partial charge is 0.266 e. The van der Waals surface area contributed by atoms with Gasteiger partial charge in [0.25, 0.3) is 12.3 Å². The lowest BCUT2D eigenvalue weighted by atomic mass is 10.1.